The van der Waals surface area contributed by atoms with Gasteiger partial charge in [0.05, 0.1) is 0 Å². The molecule has 0 spiro atoms. The number of hydrogen-bond donors (Lipinski definition) is 1. The molecule has 1 N–H and O–H groups in total. The second kappa shape index (κ2) is 8.05. The molecule has 126 valence electrons. The van der Waals surface area contributed by atoms with E-state index in [1.807, 2.05) is 0 Å². The van der Waals surface area contributed by atoms with Crippen LogP contribution in [-0.4, -0.2) is 24.6 Å². The summed E-state index contributed by atoms with van der Waals surface area (Å²) in [7, 11) is 0. The van der Waals surface area contributed by atoms with Crippen LogP contribution in [0, 0.1) is 11.6 Å². The molecule has 7 heteroatoms. The Kier molecular flexibility index (Phi) is 5.83. The van der Waals surface area contributed by atoms with Crippen LogP contribution in [0.1, 0.15) is 6.92 Å². The van der Waals surface area contributed by atoms with Crippen molar-refractivity contribution in [3.8, 4) is 5.75 Å². The van der Waals surface area contributed by atoms with E-state index in [9.17, 15) is 18.4 Å². The van der Waals surface area contributed by atoms with E-state index in [-0.39, 0.29) is 5.69 Å². The highest BCUT2D eigenvalue weighted by Crippen LogP contribution is 2.13. The molecule has 0 aliphatic heterocycles. The lowest BCUT2D eigenvalue weighted by Gasteiger charge is -2.14. The summed E-state index contributed by atoms with van der Waals surface area (Å²) in [5.41, 5.74) is 0.256. The zero-order valence-electron chi connectivity index (χ0n) is 12.8. The Hall–Kier alpha value is -2.96. The lowest BCUT2D eigenvalue weighted by atomic mass is 10.3. The fourth-order valence-corrected chi connectivity index (χ4v) is 1.78. The summed E-state index contributed by atoms with van der Waals surface area (Å²) in [5.74, 6) is -1.99. The molecule has 0 aliphatic rings. The normalized spacial score (nSPS) is 11.5. The van der Waals surface area contributed by atoms with E-state index in [0.717, 1.165) is 6.07 Å². The summed E-state index contributed by atoms with van der Waals surface area (Å²) in [6, 6.07) is 10.5. The van der Waals surface area contributed by atoms with Crippen LogP contribution < -0.4 is 10.1 Å². The van der Waals surface area contributed by atoms with Crippen molar-refractivity contribution in [2.75, 3.05) is 11.9 Å². The molecule has 5 nitrogen and oxygen atoms in total. The van der Waals surface area contributed by atoms with Crippen molar-refractivity contribution in [3.63, 3.8) is 0 Å². The van der Waals surface area contributed by atoms with Crippen molar-refractivity contribution in [2.45, 2.75) is 13.0 Å². The fraction of sp³-hybridized carbons (Fsp3) is 0.176. The van der Waals surface area contributed by atoms with Gasteiger partial charge in [0.1, 0.15) is 17.4 Å². The molecule has 0 aliphatic carbocycles. The summed E-state index contributed by atoms with van der Waals surface area (Å²) in [6.07, 6.45) is -0.975. The minimum atomic E-state index is -0.975. The summed E-state index contributed by atoms with van der Waals surface area (Å²) in [5, 5.41) is 2.39. The third-order valence-electron chi connectivity index (χ3n) is 2.91. The van der Waals surface area contributed by atoms with E-state index >= 15 is 0 Å². The molecule has 0 saturated heterocycles. The van der Waals surface area contributed by atoms with E-state index in [0.29, 0.717) is 5.75 Å². The van der Waals surface area contributed by atoms with Gasteiger partial charge in [0.25, 0.3) is 5.91 Å². The van der Waals surface area contributed by atoms with Gasteiger partial charge in [-0.25, -0.2) is 13.6 Å². The van der Waals surface area contributed by atoms with Gasteiger partial charge < -0.3 is 14.8 Å². The van der Waals surface area contributed by atoms with Crippen molar-refractivity contribution < 1.29 is 27.8 Å². The van der Waals surface area contributed by atoms with Gasteiger partial charge in [-0.15, -0.1) is 0 Å². The number of hydrogen-bond acceptors (Lipinski definition) is 4. The summed E-state index contributed by atoms with van der Waals surface area (Å²) in [6.45, 7) is 0.905. The van der Waals surface area contributed by atoms with Crippen LogP contribution in [0.4, 0.5) is 14.5 Å². The third kappa shape index (κ3) is 5.35. The van der Waals surface area contributed by atoms with Gasteiger partial charge in [0, 0.05) is 5.69 Å². The van der Waals surface area contributed by atoms with Crippen LogP contribution in [0.2, 0.25) is 0 Å². The standard InChI is InChI=1S/C17H15F2NO4/c1-11(24-15-7-5-12(18)6-8-15)17(22)23-10-16(21)20-14-4-2-3-13(19)9-14/h2-9,11H,10H2,1H3,(H,20,21)/t11-/m1/s1. The van der Waals surface area contributed by atoms with Gasteiger partial charge in [-0.1, -0.05) is 6.07 Å². The van der Waals surface area contributed by atoms with E-state index in [1.165, 1.54) is 49.4 Å². The van der Waals surface area contributed by atoms with Crippen molar-refractivity contribution >= 4 is 17.6 Å². The topological polar surface area (TPSA) is 64.6 Å². The maximum atomic E-state index is 13.0. The highest BCUT2D eigenvalue weighted by molar-refractivity contribution is 5.93. The van der Waals surface area contributed by atoms with Crippen LogP contribution in [0.15, 0.2) is 48.5 Å². The number of ether oxygens (including phenoxy) is 2. The Morgan fingerprint density at radius 3 is 2.46 bits per heavy atom. The average molecular weight is 335 g/mol. The summed E-state index contributed by atoms with van der Waals surface area (Å²) >= 11 is 0. The first-order valence-corrected chi connectivity index (χ1v) is 7.08. The minimum Gasteiger partial charge on any atom is -0.479 e. The first kappa shape index (κ1) is 17.4. The van der Waals surface area contributed by atoms with E-state index in [4.69, 9.17) is 9.47 Å². The zero-order valence-corrected chi connectivity index (χ0v) is 12.8. The Morgan fingerprint density at radius 1 is 1.08 bits per heavy atom. The van der Waals surface area contributed by atoms with Crippen molar-refractivity contribution in [2.24, 2.45) is 0 Å². The van der Waals surface area contributed by atoms with Gasteiger partial charge in [-0.3, -0.25) is 4.79 Å². The Labute approximate surface area is 137 Å². The van der Waals surface area contributed by atoms with Gasteiger partial charge in [-0.2, -0.15) is 0 Å². The molecule has 1 amide bonds. The average Bonchev–Trinajstić information content (AvgIpc) is 2.54. The summed E-state index contributed by atoms with van der Waals surface area (Å²) < 4.78 is 35.9. The monoisotopic (exact) mass is 335 g/mol. The Balaban J connectivity index is 1.79. The van der Waals surface area contributed by atoms with Gasteiger partial charge in [0.15, 0.2) is 12.7 Å². The number of rotatable bonds is 6. The number of carbonyl (C=O) groups excluding carboxylic acids is 2. The van der Waals surface area contributed by atoms with E-state index < -0.39 is 36.2 Å². The van der Waals surface area contributed by atoms with E-state index in [1.54, 1.807) is 0 Å². The molecule has 24 heavy (non-hydrogen) atoms. The fourth-order valence-electron chi connectivity index (χ4n) is 1.78. The number of anilines is 1. The molecule has 2 aromatic carbocycles. The lowest BCUT2D eigenvalue weighted by molar-refractivity contribution is -0.153. The van der Waals surface area contributed by atoms with Crippen molar-refractivity contribution in [3.05, 3.63) is 60.2 Å². The second-order valence-electron chi connectivity index (χ2n) is 4.88. The Morgan fingerprint density at radius 2 is 1.79 bits per heavy atom. The second-order valence-corrected chi connectivity index (χ2v) is 4.88. The maximum Gasteiger partial charge on any atom is 0.347 e. The van der Waals surface area contributed by atoms with Crippen molar-refractivity contribution in [1.82, 2.24) is 0 Å². The predicted molar refractivity (Wildman–Crippen MR) is 82.5 cm³/mol. The number of amides is 1. The SMILES string of the molecule is C[C@@H](Oc1ccc(F)cc1)C(=O)OCC(=O)Nc1cccc(F)c1. The van der Waals surface area contributed by atoms with E-state index in [2.05, 4.69) is 5.32 Å². The molecular weight excluding hydrogens is 320 g/mol. The highest BCUT2D eigenvalue weighted by atomic mass is 19.1. The molecule has 2 aromatic rings. The van der Waals surface area contributed by atoms with Crippen LogP contribution in [0.5, 0.6) is 5.75 Å². The lowest BCUT2D eigenvalue weighted by Crippen LogP contribution is -2.29. The predicted octanol–water partition coefficient (Wildman–Crippen LogP) is 2.91. The molecule has 1 atom stereocenters. The molecule has 0 aromatic heterocycles. The molecule has 2 rings (SSSR count). The molecule has 0 heterocycles. The first-order chi connectivity index (χ1) is 11.4. The molecular formula is C17H15F2NO4. The quantitative estimate of drug-likeness (QED) is 0.825. The van der Waals surface area contributed by atoms with Crippen LogP contribution in [-0.2, 0) is 14.3 Å². The Bertz CT molecular complexity index is 719. The highest BCUT2D eigenvalue weighted by Gasteiger charge is 2.18. The summed E-state index contributed by atoms with van der Waals surface area (Å²) in [4.78, 5) is 23.4. The largest absolute Gasteiger partial charge is 0.479 e. The number of nitrogens with one attached hydrogen (secondary N) is 1. The molecule has 0 fully saturated rings. The molecule has 0 radical (unpaired) electrons. The molecule has 0 bridgehead atoms. The number of halogens is 2. The third-order valence-corrected chi connectivity index (χ3v) is 2.91. The molecule has 0 saturated carbocycles. The van der Waals surface area contributed by atoms with Crippen LogP contribution >= 0.6 is 0 Å². The van der Waals surface area contributed by atoms with Gasteiger partial charge in [0.2, 0.25) is 0 Å². The van der Waals surface area contributed by atoms with Gasteiger partial charge in [-0.05, 0) is 49.4 Å². The minimum absolute atomic E-state index is 0.256. The van der Waals surface area contributed by atoms with Crippen molar-refractivity contribution in [1.29, 1.82) is 0 Å². The first-order valence-electron chi connectivity index (χ1n) is 7.08. The maximum absolute atomic E-state index is 13.0. The van der Waals surface area contributed by atoms with Crippen LogP contribution in [0.25, 0.3) is 0 Å². The number of carbonyl (C=O) groups is 2. The zero-order chi connectivity index (χ0) is 17.5. The van der Waals surface area contributed by atoms with Crippen LogP contribution in [0.3, 0.4) is 0 Å². The number of benzene rings is 2. The number of esters is 1. The molecule has 0 unspecified atom stereocenters. The van der Waals surface area contributed by atoms with Gasteiger partial charge >= 0.3 is 5.97 Å². The smallest absolute Gasteiger partial charge is 0.347 e.